The van der Waals surface area contributed by atoms with E-state index in [2.05, 4.69) is 206 Å². The Morgan fingerprint density at radius 2 is 0.672 bits per heavy atom. The molecule has 0 N–H and O–H groups in total. The van der Waals surface area contributed by atoms with Crippen LogP contribution in [0, 0.1) is 0 Å². The van der Waals surface area contributed by atoms with Crippen molar-refractivity contribution in [1.82, 2.24) is 15.0 Å². The molecule has 11 aromatic rings. The molecule has 0 bridgehead atoms. The zero-order valence-electron chi connectivity index (χ0n) is 31.5. The van der Waals surface area contributed by atoms with Gasteiger partial charge in [0.05, 0.1) is 0 Å². The summed E-state index contributed by atoms with van der Waals surface area (Å²) in [5, 5.41) is 9.61. The second-order valence-electron chi connectivity index (χ2n) is 14.7. The minimum absolute atomic E-state index is 0.619. The summed E-state index contributed by atoms with van der Waals surface area (Å²) in [5.74, 6) is 1.86. The van der Waals surface area contributed by atoms with Crippen LogP contribution in [0.4, 0.5) is 0 Å². The Bertz CT molecular complexity index is 3340. The van der Waals surface area contributed by atoms with Crippen LogP contribution in [-0.4, -0.2) is 15.0 Å². The van der Waals surface area contributed by atoms with Gasteiger partial charge < -0.3 is 0 Å². The van der Waals surface area contributed by atoms with Crippen molar-refractivity contribution in [3.8, 4) is 67.5 Å². The molecule has 0 fully saturated rings. The Hall–Kier alpha value is -7.75. The van der Waals surface area contributed by atoms with Gasteiger partial charge in [0, 0.05) is 16.7 Å². The molecule has 1 heterocycles. The Balaban J connectivity index is 1.21. The molecule has 0 unspecified atom stereocenters. The second-order valence-corrected chi connectivity index (χ2v) is 14.7. The van der Waals surface area contributed by atoms with Crippen LogP contribution in [-0.2, 0) is 0 Å². The average molecular weight is 738 g/mol. The minimum atomic E-state index is 0.619. The molecule has 11 rings (SSSR count). The highest BCUT2D eigenvalue weighted by Gasteiger charge is 2.22. The summed E-state index contributed by atoms with van der Waals surface area (Å²) < 4.78 is 0. The highest BCUT2D eigenvalue weighted by atomic mass is 15.0. The first-order valence-electron chi connectivity index (χ1n) is 19.7. The van der Waals surface area contributed by atoms with Crippen molar-refractivity contribution in [3.05, 3.63) is 212 Å². The number of benzene rings is 10. The van der Waals surface area contributed by atoms with Crippen molar-refractivity contribution in [1.29, 1.82) is 0 Å². The van der Waals surface area contributed by atoms with Gasteiger partial charge in [-0.15, -0.1) is 0 Å². The van der Waals surface area contributed by atoms with E-state index >= 15 is 0 Å². The van der Waals surface area contributed by atoms with E-state index in [0.717, 1.165) is 44.5 Å². The third-order valence-electron chi connectivity index (χ3n) is 11.3. The zero-order chi connectivity index (χ0) is 38.4. The standard InChI is InChI=1S/C55H35N3/c1-2-17-36(18-3-1)41-24-10-13-29-48(41)53-56-54(49-30-14-11-27-45(49)44-32-16-22-37-19-4-7-23-40(37)44)58-55(57-53)50-31-15-12-28-46(50)52-43-26-9-6-21-39(43)35-51-42-25-8-5-20-38(42)33-34-47(51)52/h1-35H. The molecular weight excluding hydrogens is 703 g/mol. The zero-order valence-corrected chi connectivity index (χ0v) is 31.5. The van der Waals surface area contributed by atoms with E-state index in [4.69, 9.17) is 15.0 Å². The monoisotopic (exact) mass is 737 g/mol. The largest absolute Gasteiger partial charge is 0.208 e. The smallest absolute Gasteiger partial charge is 0.164 e. The Kier molecular flexibility index (Phi) is 8.15. The normalized spacial score (nSPS) is 11.4. The van der Waals surface area contributed by atoms with Crippen molar-refractivity contribution in [3.63, 3.8) is 0 Å². The lowest BCUT2D eigenvalue weighted by atomic mass is 9.88. The Labute approximate surface area is 336 Å². The summed E-state index contributed by atoms with van der Waals surface area (Å²) >= 11 is 0. The van der Waals surface area contributed by atoms with Crippen molar-refractivity contribution in [2.75, 3.05) is 0 Å². The molecular formula is C55H35N3. The lowest BCUT2D eigenvalue weighted by Crippen LogP contribution is -2.03. The lowest BCUT2D eigenvalue weighted by molar-refractivity contribution is 1.08. The molecule has 3 nitrogen and oxygen atoms in total. The molecule has 0 aliphatic heterocycles. The second kappa shape index (κ2) is 14.1. The van der Waals surface area contributed by atoms with Gasteiger partial charge in [0.2, 0.25) is 0 Å². The molecule has 0 aliphatic carbocycles. The third-order valence-corrected chi connectivity index (χ3v) is 11.3. The van der Waals surface area contributed by atoms with Crippen LogP contribution in [0.15, 0.2) is 212 Å². The Morgan fingerprint density at radius 3 is 1.36 bits per heavy atom. The van der Waals surface area contributed by atoms with Gasteiger partial charge in [0.1, 0.15) is 0 Å². The van der Waals surface area contributed by atoms with E-state index in [-0.39, 0.29) is 0 Å². The van der Waals surface area contributed by atoms with E-state index in [1.165, 1.54) is 48.7 Å². The molecule has 58 heavy (non-hydrogen) atoms. The van der Waals surface area contributed by atoms with Crippen molar-refractivity contribution in [2.24, 2.45) is 0 Å². The summed E-state index contributed by atoms with van der Waals surface area (Å²) in [6.45, 7) is 0. The van der Waals surface area contributed by atoms with Gasteiger partial charge in [-0.2, -0.15) is 0 Å². The number of hydrogen-bond acceptors (Lipinski definition) is 3. The molecule has 0 saturated heterocycles. The van der Waals surface area contributed by atoms with Crippen LogP contribution in [0.3, 0.4) is 0 Å². The van der Waals surface area contributed by atoms with Gasteiger partial charge in [-0.1, -0.05) is 206 Å². The first-order valence-corrected chi connectivity index (χ1v) is 19.7. The molecule has 0 aliphatic rings. The van der Waals surface area contributed by atoms with Crippen LogP contribution in [0.5, 0.6) is 0 Å². The molecule has 270 valence electrons. The van der Waals surface area contributed by atoms with Gasteiger partial charge in [0.15, 0.2) is 17.5 Å². The average Bonchev–Trinajstić information content (AvgIpc) is 3.30. The highest BCUT2D eigenvalue weighted by molar-refractivity contribution is 6.21. The number of hydrogen-bond donors (Lipinski definition) is 0. The predicted octanol–water partition coefficient (Wildman–Crippen LogP) is 14.5. The predicted molar refractivity (Wildman–Crippen MR) is 242 cm³/mol. The fraction of sp³-hybridized carbons (Fsp3) is 0. The highest BCUT2D eigenvalue weighted by Crippen LogP contribution is 2.44. The van der Waals surface area contributed by atoms with E-state index < -0.39 is 0 Å². The molecule has 0 radical (unpaired) electrons. The maximum atomic E-state index is 5.44. The maximum absolute atomic E-state index is 5.44. The summed E-state index contributed by atoms with van der Waals surface area (Å²) in [4.78, 5) is 16.2. The summed E-state index contributed by atoms with van der Waals surface area (Å²) in [6, 6.07) is 75.2. The van der Waals surface area contributed by atoms with Gasteiger partial charge in [-0.05, 0) is 82.5 Å². The topological polar surface area (TPSA) is 38.7 Å². The molecule has 0 amide bonds. The van der Waals surface area contributed by atoms with Gasteiger partial charge >= 0.3 is 0 Å². The van der Waals surface area contributed by atoms with Crippen LogP contribution in [0.2, 0.25) is 0 Å². The van der Waals surface area contributed by atoms with Gasteiger partial charge in [-0.3, -0.25) is 0 Å². The summed E-state index contributed by atoms with van der Waals surface area (Å²) in [6.07, 6.45) is 0. The molecule has 3 heteroatoms. The maximum Gasteiger partial charge on any atom is 0.164 e. The van der Waals surface area contributed by atoms with E-state index in [1.54, 1.807) is 0 Å². The molecule has 1 aromatic heterocycles. The van der Waals surface area contributed by atoms with Crippen molar-refractivity contribution in [2.45, 2.75) is 0 Å². The molecule has 0 saturated carbocycles. The first kappa shape index (κ1) is 33.6. The van der Waals surface area contributed by atoms with Gasteiger partial charge in [0.25, 0.3) is 0 Å². The fourth-order valence-corrected chi connectivity index (χ4v) is 8.66. The number of nitrogens with zero attached hydrogens (tertiary/aromatic N) is 3. The molecule has 10 aromatic carbocycles. The lowest BCUT2D eigenvalue weighted by Gasteiger charge is -2.18. The number of aromatic nitrogens is 3. The van der Waals surface area contributed by atoms with E-state index in [9.17, 15) is 0 Å². The number of fused-ring (bicyclic) bond motifs is 5. The van der Waals surface area contributed by atoms with E-state index in [1.807, 2.05) is 6.07 Å². The van der Waals surface area contributed by atoms with Crippen LogP contribution in [0.1, 0.15) is 0 Å². The summed E-state index contributed by atoms with van der Waals surface area (Å²) in [7, 11) is 0. The van der Waals surface area contributed by atoms with Crippen LogP contribution in [0.25, 0.3) is 111 Å². The fourth-order valence-electron chi connectivity index (χ4n) is 8.66. The first-order chi connectivity index (χ1) is 28.8. The van der Waals surface area contributed by atoms with Gasteiger partial charge in [-0.25, -0.2) is 15.0 Å². The number of rotatable bonds is 6. The van der Waals surface area contributed by atoms with Crippen molar-refractivity contribution < 1.29 is 0 Å². The summed E-state index contributed by atoms with van der Waals surface area (Å²) in [5.41, 5.74) is 9.44. The van der Waals surface area contributed by atoms with Crippen molar-refractivity contribution >= 4 is 43.1 Å². The van der Waals surface area contributed by atoms with Crippen LogP contribution < -0.4 is 0 Å². The minimum Gasteiger partial charge on any atom is -0.208 e. The Morgan fingerprint density at radius 1 is 0.224 bits per heavy atom. The molecule has 0 spiro atoms. The quantitative estimate of drug-likeness (QED) is 0.126. The van der Waals surface area contributed by atoms with Crippen LogP contribution >= 0.6 is 0 Å². The third kappa shape index (κ3) is 5.72. The SMILES string of the molecule is c1ccc(-c2ccccc2-c2nc(-c3ccccc3-c3cccc4ccccc34)nc(-c3ccccc3-c3c4ccccc4cc4c3ccc3ccccc34)n2)cc1. The molecule has 0 atom stereocenters. The van der Waals surface area contributed by atoms with E-state index in [0.29, 0.717) is 17.5 Å².